The second-order valence-electron chi connectivity index (χ2n) is 8.77. The van der Waals surface area contributed by atoms with Crippen molar-refractivity contribution in [3.63, 3.8) is 0 Å². The zero-order valence-electron chi connectivity index (χ0n) is 22.3. The highest BCUT2D eigenvalue weighted by molar-refractivity contribution is 7.92. The third kappa shape index (κ3) is 8.13. The van der Waals surface area contributed by atoms with Crippen molar-refractivity contribution in [1.82, 2.24) is 5.43 Å². The minimum absolute atomic E-state index is 0.141. The molecule has 9 nitrogen and oxygen atoms in total. The molecular formula is C31H27N3O6S. The summed E-state index contributed by atoms with van der Waals surface area (Å²) >= 11 is 0. The van der Waals surface area contributed by atoms with Crippen LogP contribution in [0.2, 0.25) is 0 Å². The number of benzene rings is 4. The molecule has 0 fully saturated rings. The zero-order chi connectivity index (χ0) is 29.2. The maximum Gasteiger partial charge on any atom is 0.336 e. The molecule has 41 heavy (non-hydrogen) atoms. The van der Waals surface area contributed by atoms with Crippen LogP contribution in [0.1, 0.15) is 27.0 Å². The first kappa shape index (κ1) is 28.8. The fourth-order valence-electron chi connectivity index (χ4n) is 3.57. The van der Waals surface area contributed by atoms with Crippen molar-refractivity contribution in [3.8, 4) is 11.5 Å². The van der Waals surface area contributed by atoms with Crippen molar-refractivity contribution in [3.05, 3.63) is 125 Å². The van der Waals surface area contributed by atoms with Crippen LogP contribution in [0.5, 0.6) is 11.5 Å². The van der Waals surface area contributed by atoms with Gasteiger partial charge < -0.3 is 9.47 Å². The van der Waals surface area contributed by atoms with E-state index in [2.05, 4.69) is 15.2 Å². The van der Waals surface area contributed by atoms with Crippen LogP contribution in [0.25, 0.3) is 6.08 Å². The Morgan fingerprint density at radius 3 is 2.22 bits per heavy atom. The predicted octanol–water partition coefficient (Wildman–Crippen LogP) is 5.19. The van der Waals surface area contributed by atoms with Gasteiger partial charge in [-0.05, 0) is 78.7 Å². The number of aryl methyl sites for hydroxylation is 1. The van der Waals surface area contributed by atoms with Crippen molar-refractivity contribution < 1.29 is 27.5 Å². The number of hydrogen-bond donors (Lipinski definition) is 2. The Balaban J connectivity index is 1.33. The fourth-order valence-corrected chi connectivity index (χ4v) is 4.63. The molecule has 0 spiro atoms. The van der Waals surface area contributed by atoms with Gasteiger partial charge in [-0.2, -0.15) is 5.10 Å². The van der Waals surface area contributed by atoms with E-state index >= 15 is 0 Å². The summed E-state index contributed by atoms with van der Waals surface area (Å²) in [6.07, 6.45) is 4.38. The van der Waals surface area contributed by atoms with Crippen LogP contribution in [0.4, 0.5) is 5.69 Å². The van der Waals surface area contributed by atoms with E-state index < -0.39 is 21.9 Å². The summed E-state index contributed by atoms with van der Waals surface area (Å²) in [5, 5.41) is 3.96. The number of methoxy groups -OCH3 is 1. The number of ether oxygens (including phenoxy) is 2. The molecule has 0 atom stereocenters. The van der Waals surface area contributed by atoms with E-state index in [9.17, 15) is 18.0 Å². The lowest BCUT2D eigenvalue weighted by atomic mass is 10.2. The summed E-state index contributed by atoms with van der Waals surface area (Å²) in [5.74, 6) is -0.508. The molecule has 0 radical (unpaired) electrons. The largest absolute Gasteiger partial charge is 0.493 e. The molecule has 1 amide bonds. The standard InChI is InChI=1S/C31H27N3O6S/c1-22-8-16-27(17-9-22)41(37,38)34-26-14-12-25(13-15-26)31(36)33-32-21-24-10-18-28(29(20-24)39-2)40-30(35)19-11-23-6-4-3-5-7-23/h3-21,34H,1-2H3,(H,33,36)/b19-11+,32-21-. The molecule has 0 heterocycles. The molecule has 10 heteroatoms. The molecule has 0 unspecified atom stereocenters. The summed E-state index contributed by atoms with van der Waals surface area (Å²) in [6, 6.07) is 26.6. The molecule has 0 saturated heterocycles. The Labute approximate surface area is 238 Å². The minimum atomic E-state index is -3.75. The van der Waals surface area contributed by atoms with Gasteiger partial charge in [-0.25, -0.2) is 18.6 Å². The third-order valence-corrected chi connectivity index (χ3v) is 7.12. The Hall–Kier alpha value is -5.22. The maximum atomic E-state index is 12.6. The van der Waals surface area contributed by atoms with E-state index in [0.717, 1.165) is 11.1 Å². The summed E-state index contributed by atoms with van der Waals surface area (Å²) in [7, 11) is -2.31. The van der Waals surface area contributed by atoms with Gasteiger partial charge in [0.1, 0.15) is 0 Å². The highest BCUT2D eigenvalue weighted by atomic mass is 32.2. The van der Waals surface area contributed by atoms with Crippen LogP contribution in [0.15, 0.2) is 113 Å². The number of sulfonamides is 1. The summed E-state index contributed by atoms with van der Waals surface area (Å²) in [5.41, 5.74) is 5.42. The van der Waals surface area contributed by atoms with Gasteiger partial charge in [0.05, 0.1) is 18.2 Å². The van der Waals surface area contributed by atoms with Crippen LogP contribution in [-0.4, -0.2) is 33.6 Å². The molecule has 0 aliphatic heterocycles. The van der Waals surface area contributed by atoms with Crippen molar-refractivity contribution in [2.45, 2.75) is 11.8 Å². The first-order chi connectivity index (χ1) is 19.7. The van der Waals surface area contributed by atoms with Crippen molar-refractivity contribution in [1.29, 1.82) is 0 Å². The predicted molar refractivity (Wildman–Crippen MR) is 158 cm³/mol. The van der Waals surface area contributed by atoms with Crippen LogP contribution in [0, 0.1) is 6.92 Å². The SMILES string of the molecule is COc1cc(/C=N\NC(=O)c2ccc(NS(=O)(=O)c3ccc(C)cc3)cc2)ccc1OC(=O)/C=C/c1ccccc1. The number of nitrogens with zero attached hydrogens (tertiary/aromatic N) is 1. The third-order valence-electron chi connectivity index (χ3n) is 5.72. The maximum absolute atomic E-state index is 12.6. The number of nitrogens with one attached hydrogen (secondary N) is 2. The molecule has 208 valence electrons. The topological polar surface area (TPSA) is 123 Å². The zero-order valence-corrected chi connectivity index (χ0v) is 23.1. The molecule has 0 aromatic heterocycles. The number of hydrazone groups is 1. The van der Waals surface area contributed by atoms with Crippen LogP contribution in [-0.2, 0) is 14.8 Å². The quantitative estimate of drug-likeness (QED) is 0.0891. The first-order valence-corrected chi connectivity index (χ1v) is 13.9. The van der Waals surface area contributed by atoms with E-state index in [1.54, 1.807) is 36.4 Å². The van der Waals surface area contributed by atoms with Gasteiger partial charge in [0.25, 0.3) is 15.9 Å². The molecule has 0 aliphatic rings. The van der Waals surface area contributed by atoms with Gasteiger partial charge >= 0.3 is 5.97 Å². The number of esters is 1. The van der Waals surface area contributed by atoms with Gasteiger partial charge in [0.2, 0.25) is 0 Å². The van der Waals surface area contributed by atoms with E-state index in [4.69, 9.17) is 9.47 Å². The van der Waals surface area contributed by atoms with Gasteiger partial charge in [-0.1, -0.05) is 48.0 Å². The molecule has 0 saturated carbocycles. The van der Waals surface area contributed by atoms with Crippen LogP contribution >= 0.6 is 0 Å². The number of carbonyl (C=O) groups is 2. The molecule has 0 bridgehead atoms. The Kier molecular flexibility index (Phi) is 9.28. The van der Waals surface area contributed by atoms with Gasteiger partial charge in [-0.15, -0.1) is 0 Å². The normalized spacial score (nSPS) is 11.4. The lowest BCUT2D eigenvalue weighted by molar-refractivity contribution is -0.129. The lowest BCUT2D eigenvalue weighted by Gasteiger charge is -2.09. The van der Waals surface area contributed by atoms with Crippen LogP contribution in [0.3, 0.4) is 0 Å². The van der Waals surface area contributed by atoms with E-state index in [0.29, 0.717) is 17.0 Å². The fraction of sp³-hybridized carbons (Fsp3) is 0.0645. The average molecular weight is 570 g/mol. The second-order valence-corrected chi connectivity index (χ2v) is 10.5. The minimum Gasteiger partial charge on any atom is -0.493 e. The van der Waals surface area contributed by atoms with Gasteiger partial charge in [0, 0.05) is 17.3 Å². The van der Waals surface area contributed by atoms with Crippen molar-refractivity contribution in [2.75, 3.05) is 11.8 Å². The van der Waals surface area contributed by atoms with E-state index in [1.165, 1.54) is 55.8 Å². The van der Waals surface area contributed by atoms with Gasteiger partial charge in [0.15, 0.2) is 11.5 Å². The summed E-state index contributed by atoms with van der Waals surface area (Å²) < 4.78 is 38.3. The number of anilines is 1. The van der Waals surface area contributed by atoms with E-state index in [-0.39, 0.29) is 16.2 Å². The molecule has 0 aliphatic carbocycles. The Morgan fingerprint density at radius 1 is 0.829 bits per heavy atom. The Bertz CT molecular complexity index is 1680. The molecule has 4 rings (SSSR count). The van der Waals surface area contributed by atoms with E-state index in [1.807, 2.05) is 37.3 Å². The average Bonchev–Trinajstić information content (AvgIpc) is 2.97. The number of amides is 1. The second kappa shape index (κ2) is 13.2. The monoisotopic (exact) mass is 569 g/mol. The summed E-state index contributed by atoms with van der Waals surface area (Å²) in [4.78, 5) is 24.8. The summed E-state index contributed by atoms with van der Waals surface area (Å²) in [6.45, 7) is 1.87. The smallest absolute Gasteiger partial charge is 0.336 e. The lowest BCUT2D eigenvalue weighted by Crippen LogP contribution is -2.18. The molecule has 4 aromatic carbocycles. The van der Waals surface area contributed by atoms with Crippen molar-refractivity contribution >= 4 is 39.9 Å². The van der Waals surface area contributed by atoms with Crippen LogP contribution < -0.4 is 19.6 Å². The highest BCUT2D eigenvalue weighted by Gasteiger charge is 2.14. The highest BCUT2D eigenvalue weighted by Crippen LogP contribution is 2.28. The number of hydrogen-bond acceptors (Lipinski definition) is 7. The first-order valence-electron chi connectivity index (χ1n) is 12.4. The van der Waals surface area contributed by atoms with Crippen molar-refractivity contribution in [2.24, 2.45) is 5.10 Å². The van der Waals surface area contributed by atoms with Gasteiger partial charge in [-0.3, -0.25) is 9.52 Å². The Morgan fingerprint density at radius 2 is 1.54 bits per heavy atom. The number of carbonyl (C=O) groups excluding carboxylic acids is 2. The number of rotatable bonds is 10. The molecule has 2 N–H and O–H groups in total. The molecule has 4 aromatic rings. The molecular weight excluding hydrogens is 542 g/mol.